The lowest BCUT2D eigenvalue weighted by Gasteiger charge is -2.30. The maximum absolute atomic E-state index is 2.52. The van der Waals surface area contributed by atoms with Crippen LogP contribution in [0.25, 0.3) is 121 Å². The Balaban J connectivity index is 1.11. The Morgan fingerprint density at radius 3 is 1.15 bits per heavy atom. The second-order valence-electron chi connectivity index (χ2n) is 18.7. The highest BCUT2D eigenvalue weighted by atomic mass is 14.9. The molecule has 11 aromatic carbocycles. The first kappa shape index (κ1) is 36.8. The second kappa shape index (κ2) is 13.3. The van der Waals surface area contributed by atoms with Gasteiger partial charge in [0.15, 0.2) is 0 Å². The van der Waals surface area contributed by atoms with E-state index in [0.29, 0.717) is 0 Å². The fourth-order valence-electron chi connectivity index (χ4n) is 13.2. The first-order valence-corrected chi connectivity index (χ1v) is 23.5. The van der Waals surface area contributed by atoms with E-state index in [2.05, 4.69) is 242 Å². The third-order valence-electron chi connectivity index (χ3n) is 15.8. The molecule has 0 bridgehead atoms. The van der Waals surface area contributed by atoms with Crippen molar-refractivity contribution in [3.8, 4) is 55.6 Å². The Kier molecular flexibility index (Phi) is 7.32. The quantitative estimate of drug-likeness (QED) is 0.157. The lowest BCUT2D eigenvalue weighted by molar-refractivity contribution is 0.794. The summed E-state index contributed by atoms with van der Waals surface area (Å²) in [6.07, 6.45) is 0. The highest BCUT2D eigenvalue weighted by Crippen LogP contribution is 2.64. The van der Waals surface area contributed by atoms with Gasteiger partial charge < -0.3 is 9.13 Å². The lowest BCUT2D eigenvalue weighted by Crippen LogP contribution is -2.25. The number of fused-ring (bicyclic) bond motifs is 18. The third-order valence-corrected chi connectivity index (χ3v) is 15.8. The van der Waals surface area contributed by atoms with Gasteiger partial charge in [-0.2, -0.15) is 0 Å². The largest absolute Gasteiger partial charge is 0.343 e. The van der Waals surface area contributed by atoms with Gasteiger partial charge in [0, 0.05) is 57.8 Å². The number of hydrogen-bond acceptors (Lipinski definition) is 0. The van der Waals surface area contributed by atoms with Gasteiger partial charge in [-0.3, -0.25) is 0 Å². The minimum absolute atomic E-state index is 0.444. The second-order valence-corrected chi connectivity index (χ2v) is 18.7. The molecule has 2 heterocycles. The van der Waals surface area contributed by atoms with E-state index in [1.165, 1.54) is 143 Å². The molecule has 0 amide bonds. The van der Waals surface area contributed by atoms with Crippen LogP contribution in [0.5, 0.6) is 0 Å². The van der Waals surface area contributed by atoms with Gasteiger partial charge in [0.1, 0.15) is 0 Å². The molecule has 2 aliphatic carbocycles. The van der Waals surface area contributed by atoms with E-state index < -0.39 is 5.41 Å². The molecule has 2 nitrogen and oxygen atoms in total. The van der Waals surface area contributed by atoms with Crippen LogP contribution in [0.3, 0.4) is 0 Å². The summed E-state index contributed by atoms with van der Waals surface area (Å²) in [5.41, 5.74) is 22.7. The van der Waals surface area contributed by atoms with Crippen LogP contribution in [0.1, 0.15) is 22.3 Å². The minimum atomic E-state index is -0.444. The Bertz CT molecular complexity index is 4080. The highest BCUT2D eigenvalue weighted by molar-refractivity contribution is 6.24. The fourth-order valence-corrected chi connectivity index (χ4v) is 13.2. The molecule has 0 N–H and O–H groups in total. The number of benzene rings is 11. The molecule has 67 heavy (non-hydrogen) atoms. The molecule has 1 spiro atoms. The number of rotatable bonds is 3. The number of aryl methyl sites for hydroxylation is 2. The SMILES string of the molecule is Cn1c2ccccc2c2cccc(-c3cccc4c(-c5cccc6c5-c5ccccc5C65c6ccccc6-c6ccccc65)c5cccc(-c6cccc7c8ccccc8n(C)c67)c5cc34)c21. The average Bonchev–Trinajstić information content (AvgIpc) is 4.07. The fraction of sp³-hybridized carbons (Fsp3) is 0.0462. The Labute approximate surface area is 388 Å². The van der Waals surface area contributed by atoms with Gasteiger partial charge in [-0.1, -0.05) is 200 Å². The van der Waals surface area contributed by atoms with Gasteiger partial charge >= 0.3 is 0 Å². The molecule has 0 aliphatic heterocycles. The molecule has 13 aromatic rings. The molecule has 0 radical (unpaired) electrons. The highest BCUT2D eigenvalue weighted by Gasteiger charge is 2.52. The van der Waals surface area contributed by atoms with Crippen LogP contribution in [0, 0.1) is 0 Å². The molecule has 312 valence electrons. The van der Waals surface area contributed by atoms with E-state index in [1.807, 2.05) is 0 Å². The van der Waals surface area contributed by atoms with Crippen LogP contribution in [-0.2, 0) is 19.5 Å². The van der Waals surface area contributed by atoms with Crippen molar-refractivity contribution in [1.82, 2.24) is 9.13 Å². The predicted molar refractivity (Wildman–Crippen MR) is 282 cm³/mol. The third kappa shape index (κ3) is 4.59. The number of nitrogens with zero attached hydrogens (tertiary/aromatic N) is 2. The molecule has 15 rings (SSSR count). The Hall–Kier alpha value is -8.46. The van der Waals surface area contributed by atoms with Crippen molar-refractivity contribution in [2.75, 3.05) is 0 Å². The van der Waals surface area contributed by atoms with Gasteiger partial charge in [-0.05, 0) is 107 Å². The van der Waals surface area contributed by atoms with Gasteiger partial charge in [0.25, 0.3) is 0 Å². The average molecular weight is 851 g/mol. The summed E-state index contributed by atoms with van der Waals surface area (Å²) in [5, 5.41) is 10.1. The van der Waals surface area contributed by atoms with Crippen LogP contribution in [0.4, 0.5) is 0 Å². The monoisotopic (exact) mass is 850 g/mol. The summed E-state index contributed by atoms with van der Waals surface area (Å²) in [5.74, 6) is 0. The standard InChI is InChI=1S/C65H42N2/c1-66-59-36-11-6-20-43(59)49-29-15-27-47(63(49)66)39-23-13-25-45-53(39)38-54-40(48-28-16-30-50-44-21-7-12-37-60(44)67(2)64(48)50)24-14-26-46(54)61(45)52-31-17-35-58-62(52)51-22-5-10-34-57(51)65(58)55-32-8-3-18-41(55)42-19-4-9-33-56(42)65/h3-38H,1-2H3. The zero-order valence-electron chi connectivity index (χ0n) is 37.2. The summed E-state index contributed by atoms with van der Waals surface area (Å²) < 4.78 is 4.79. The van der Waals surface area contributed by atoms with E-state index in [9.17, 15) is 0 Å². The van der Waals surface area contributed by atoms with Gasteiger partial charge in [-0.15, -0.1) is 0 Å². The molecule has 0 atom stereocenters. The summed E-state index contributed by atoms with van der Waals surface area (Å²) in [6.45, 7) is 0. The van der Waals surface area contributed by atoms with Gasteiger partial charge in [0.2, 0.25) is 0 Å². The molecule has 0 unspecified atom stereocenters. The maximum Gasteiger partial charge on any atom is 0.0725 e. The molecule has 2 aliphatic rings. The minimum Gasteiger partial charge on any atom is -0.343 e. The zero-order valence-corrected chi connectivity index (χ0v) is 37.2. The topological polar surface area (TPSA) is 9.86 Å². The van der Waals surface area contributed by atoms with Gasteiger partial charge in [-0.25, -0.2) is 0 Å². The van der Waals surface area contributed by atoms with Crippen molar-refractivity contribution in [2.45, 2.75) is 5.41 Å². The number of para-hydroxylation sites is 4. The van der Waals surface area contributed by atoms with Crippen LogP contribution in [0.15, 0.2) is 218 Å². The molecule has 0 saturated carbocycles. The molecule has 0 saturated heterocycles. The summed E-state index contributed by atoms with van der Waals surface area (Å²) in [6, 6.07) is 82.5. The van der Waals surface area contributed by atoms with E-state index in [0.717, 1.165) is 0 Å². The first-order chi connectivity index (χ1) is 33.1. The maximum atomic E-state index is 2.52. The smallest absolute Gasteiger partial charge is 0.0725 e. The van der Waals surface area contributed by atoms with Crippen molar-refractivity contribution in [3.05, 3.63) is 241 Å². The molecule has 2 aromatic heterocycles. The summed E-state index contributed by atoms with van der Waals surface area (Å²) in [7, 11) is 4.45. The van der Waals surface area contributed by atoms with Crippen LogP contribution in [0.2, 0.25) is 0 Å². The van der Waals surface area contributed by atoms with Crippen molar-refractivity contribution < 1.29 is 0 Å². The Morgan fingerprint density at radius 1 is 0.254 bits per heavy atom. The van der Waals surface area contributed by atoms with Crippen molar-refractivity contribution in [2.24, 2.45) is 14.1 Å². The zero-order chi connectivity index (χ0) is 44.1. The normalized spacial score (nSPS) is 13.3. The molecular weight excluding hydrogens is 809 g/mol. The van der Waals surface area contributed by atoms with Crippen molar-refractivity contribution in [1.29, 1.82) is 0 Å². The number of hydrogen-bond donors (Lipinski definition) is 0. The molecular formula is C65H42N2. The lowest BCUT2D eigenvalue weighted by atomic mass is 9.70. The Morgan fingerprint density at radius 2 is 0.612 bits per heavy atom. The van der Waals surface area contributed by atoms with Gasteiger partial charge in [0.05, 0.1) is 16.4 Å². The summed E-state index contributed by atoms with van der Waals surface area (Å²) in [4.78, 5) is 0. The van der Waals surface area contributed by atoms with E-state index in [4.69, 9.17) is 0 Å². The number of aromatic nitrogens is 2. The van der Waals surface area contributed by atoms with E-state index in [1.54, 1.807) is 0 Å². The predicted octanol–water partition coefficient (Wildman–Crippen LogP) is 16.6. The summed E-state index contributed by atoms with van der Waals surface area (Å²) >= 11 is 0. The molecule has 0 fully saturated rings. The van der Waals surface area contributed by atoms with Crippen LogP contribution >= 0.6 is 0 Å². The van der Waals surface area contributed by atoms with Crippen molar-refractivity contribution >= 4 is 65.2 Å². The van der Waals surface area contributed by atoms with E-state index in [-0.39, 0.29) is 0 Å². The van der Waals surface area contributed by atoms with Crippen LogP contribution in [-0.4, -0.2) is 9.13 Å². The first-order valence-electron chi connectivity index (χ1n) is 23.5. The van der Waals surface area contributed by atoms with E-state index >= 15 is 0 Å². The van der Waals surface area contributed by atoms with Crippen molar-refractivity contribution in [3.63, 3.8) is 0 Å². The molecule has 2 heteroatoms. The van der Waals surface area contributed by atoms with Crippen LogP contribution < -0.4 is 0 Å².